The first-order chi connectivity index (χ1) is 12.5. The van der Waals surface area contributed by atoms with Gasteiger partial charge in [-0.2, -0.15) is 0 Å². The number of benzene rings is 2. The molecule has 0 aliphatic rings. The fourth-order valence-corrected chi connectivity index (χ4v) is 3.10. The molecule has 2 aromatic carbocycles. The molecule has 0 fully saturated rings. The van der Waals surface area contributed by atoms with Gasteiger partial charge in [0.15, 0.2) is 0 Å². The van der Waals surface area contributed by atoms with Crippen LogP contribution in [-0.4, -0.2) is 16.8 Å². The van der Waals surface area contributed by atoms with Crippen LogP contribution in [0.5, 0.6) is 5.75 Å². The molecule has 0 saturated heterocycles. The standard InChI is InChI=1S/C21H19Cl2NO2/c1-3-4-10-26-15-7-5-6-14(11-15)19-12-17(21(23)25)16-8-9-18(22)13(2)20(16)24-19/h5-9,11-12H,3-4,10H2,1-2H3. The number of carbonyl (C=O) groups is 1. The van der Waals surface area contributed by atoms with Crippen LogP contribution in [0.1, 0.15) is 35.7 Å². The van der Waals surface area contributed by atoms with Gasteiger partial charge in [0.25, 0.3) is 5.24 Å². The van der Waals surface area contributed by atoms with Crippen molar-refractivity contribution in [2.75, 3.05) is 6.61 Å². The van der Waals surface area contributed by atoms with E-state index in [1.807, 2.05) is 31.2 Å². The average Bonchev–Trinajstić information content (AvgIpc) is 2.64. The first-order valence-electron chi connectivity index (χ1n) is 8.54. The highest BCUT2D eigenvalue weighted by Gasteiger charge is 2.15. The third kappa shape index (κ3) is 3.84. The number of rotatable bonds is 6. The summed E-state index contributed by atoms with van der Waals surface area (Å²) in [6.07, 6.45) is 2.08. The number of nitrogens with zero attached hydrogens (tertiary/aromatic N) is 1. The minimum Gasteiger partial charge on any atom is -0.494 e. The summed E-state index contributed by atoms with van der Waals surface area (Å²) >= 11 is 12.1. The van der Waals surface area contributed by atoms with Gasteiger partial charge in [0.1, 0.15) is 5.75 Å². The lowest BCUT2D eigenvalue weighted by Crippen LogP contribution is -1.99. The van der Waals surface area contributed by atoms with E-state index in [0.717, 1.165) is 29.7 Å². The van der Waals surface area contributed by atoms with Crippen molar-refractivity contribution in [1.82, 2.24) is 4.98 Å². The molecule has 0 unspecified atom stereocenters. The second-order valence-electron chi connectivity index (χ2n) is 6.13. The van der Waals surface area contributed by atoms with Crippen LogP contribution in [0.4, 0.5) is 0 Å². The number of aryl methyl sites for hydroxylation is 1. The van der Waals surface area contributed by atoms with Crippen LogP contribution in [0.2, 0.25) is 5.02 Å². The van der Waals surface area contributed by atoms with Crippen molar-refractivity contribution in [1.29, 1.82) is 0 Å². The van der Waals surface area contributed by atoms with Gasteiger partial charge in [0.05, 0.1) is 17.8 Å². The molecule has 0 bridgehead atoms. The first-order valence-corrected chi connectivity index (χ1v) is 9.29. The molecular weight excluding hydrogens is 369 g/mol. The molecule has 0 amide bonds. The van der Waals surface area contributed by atoms with Crippen molar-refractivity contribution in [3.05, 3.63) is 58.6 Å². The van der Waals surface area contributed by atoms with E-state index in [1.54, 1.807) is 18.2 Å². The van der Waals surface area contributed by atoms with Crippen molar-refractivity contribution in [3.8, 4) is 17.0 Å². The van der Waals surface area contributed by atoms with Gasteiger partial charge < -0.3 is 4.74 Å². The van der Waals surface area contributed by atoms with Crippen molar-refractivity contribution in [2.24, 2.45) is 0 Å². The molecule has 134 valence electrons. The summed E-state index contributed by atoms with van der Waals surface area (Å²) in [6.45, 7) is 4.68. The van der Waals surface area contributed by atoms with Crippen LogP contribution in [0, 0.1) is 6.92 Å². The lowest BCUT2D eigenvalue weighted by molar-refractivity contribution is 0.108. The first kappa shape index (κ1) is 18.7. The lowest BCUT2D eigenvalue weighted by Gasteiger charge is -2.11. The zero-order valence-electron chi connectivity index (χ0n) is 14.7. The minimum atomic E-state index is -0.518. The molecule has 0 radical (unpaired) electrons. The van der Waals surface area contributed by atoms with E-state index in [0.29, 0.717) is 33.8 Å². The van der Waals surface area contributed by atoms with Gasteiger partial charge in [-0.25, -0.2) is 4.98 Å². The number of halogens is 2. The predicted octanol–water partition coefficient (Wildman–Crippen LogP) is 6.42. The second kappa shape index (κ2) is 8.07. The smallest absolute Gasteiger partial charge is 0.253 e. The maximum absolute atomic E-state index is 12.0. The SMILES string of the molecule is CCCCOc1cccc(-c2cc(C(=O)Cl)c3ccc(Cl)c(C)c3n2)c1. The van der Waals surface area contributed by atoms with Crippen molar-refractivity contribution >= 4 is 39.3 Å². The fourth-order valence-electron chi connectivity index (χ4n) is 2.79. The molecule has 1 heterocycles. The highest BCUT2D eigenvalue weighted by Crippen LogP contribution is 2.31. The van der Waals surface area contributed by atoms with Gasteiger partial charge in [0, 0.05) is 21.5 Å². The highest BCUT2D eigenvalue weighted by atomic mass is 35.5. The molecule has 0 N–H and O–H groups in total. The molecule has 3 rings (SSSR count). The summed E-state index contributed by atoms with van der Waals surface area (Å²) in [5.41, 5.74) is 3.44. The molecular formula is C21H19Cl2NO2. The summed E-state index contributed by atoms with van der Waals surface area (Å²) in [5.74, 6) is 0.777. The van der Waals surface area contributed by atoms with Crippen LogP contribution < -0.4 is 4.74 Å². The zero-order chi connectivity index (χ0) is 18.7. The lowest BCUT2D eigenvalue weighted by atomic mass is 10.0. The molecule has 5 heteroatoms. The topological polar surface area (TPSA) is 39.2 Å². The van der Waals surface area contributed by atoms with Crippen molar-refractivity contribution in [2.45, 2.75) is 26.7 Å². The molecule has 0 spiro atoms. The van der Waals surface area contributed by atoms with Crippen LogP contribution in [0.15, 0.2) is 42.5 Å². The Hall–Kier alpha value is -2.10. The normalized spacial score (nSPS) is 10.9. The third-order valence-electron chi connectivity index (χ3n) is 4.28. The quantitative estimate of drug-likeness (QED) is 0.361. The Morgan fingerprint density at radius 2 is 2.00 bits per heavy atom. The molecule has 1 aromatic heterocycles. The van der Waals surface area contributed by atoms with Gasteiger partial charge in [-0.05, 0) is 54.8 Å². The maximum Gasteiger partial charge on any atom is 0.253 e. The van der Waals surface area contributed by atoms with Crippen LogP contribution in [0.25, 0.3) is 22.2 Å². The van der Waals surface area contributed by atoms with E-state index in [9.17, 15) is 4.79 Å². The third-order valence-corrected chi connectivity index (χ3v) is 4.89. The summed E-state index contributed by atoms with van der Waals surface area (Å²) in [6, 6.07) is 12.9. The average molecular weight is 388 g/mol. The van der Waals surface area contributed by atoms with E-state index in [1.165, 1.54) is 0 Å². The van der Waals surface area contributed by atoms with Gasteiger partial charge in [-0.3, -0.25) is 4.79 Å². The molecule has 26 heavy (non-hydrogen) atoms. The fraction of sp³-hybridized carbons (Fsp3) is 0.238. The van der Waals surface area contributed by atoms with E-state index in [-0.39, 0.29) is 0 Å². The Balaban J connectivity index is 2.12. The number of aromatic nitrogens is 1. The summed E-state index contributed by atoms with van der Waals surface area (Å²) in [7, 11) is 0. The van der Waals surface area contributed by atoms with Crippen molar-refractivity contribution in [3.63, 3.8) is 0 Å². The van der Waals surface area contributed by atoms with Gasteiger partial charge >= 0.3 is 0 Å². The summed E-state index contributed by atoms with van der Waals surface area (Å²) in [4.78, 5) is 16.7. The molecule has 0 saturated carbocycles. The number of hydrogen-bond donors (Lipinski definition) is 0. The van der Waals surface area contributed by atoms with E-state index < -0.39 is 5.24 Å². The maximum atomic E-state index is 12.0. The number of unbranched alkanes of at least 4 members (excludes halogenated alkanes) is 1. The monoisotopic (exact) mass is 387 g/mol. The van der Waals surface area contributed by atoms with Gasteiger partial charge in [-0.1, -0.05) is 43.1 Å². The highest BCUT2D eigenvalue weighted by molar-refractivity contribution is 6.68. The Labute approximate surface area is 162 Å². The largest absolute Gasteiger partial charge is 0.494 e. The zero-order valence-corrected chi connectivity index (χ0v) is 16.2. The Kier molecular flexibility index (Phi) is 5.80. The van der Waals surface area contributed by atoms with Crippen LogP contribution in [0.3, 0.4) is 0 Å². The molecule has 3 aromatic rings. The molecule has 0 aliphatic heterocycles. The molecule has 0 atom stereocenters. The van der Waals surface area contributed by atoms with Crippen molar-refractivity contribution < 1.29 is 9.53 Å². The van der Waals surface area contributed by atoms with Crippen LogP contribution in [-0.2, 0) is 0 Å². The minimum absolute atomic E-state index is 0.420. The summed E-state index contributed by atoms with van der Waals surface area (Å²) in [5, 5.41) is 0.786. The number of fused-ring (bicyclic) bond motifs is 1. The van der Waals surface area contributed by atoms with Gasteiger partial charge in [-0.15, -0.1) is 0 Å². The number of carbonyl (C=O) groups excluding carboxylic acids is 1. The Bertz CT molecular complexity index is 970. The molecule has 3 nitrogen and oxygen atoms in total. The Morgan fingerprint density at radius 3 is 2.73 bits per heavy atom. The predicted molar refractivity (Wildman–Crippen MR) is 108 cm³/mol. The number of hydrogen-bond acceptors (Lipinski definition) is 3. The van der Waals surface area contributed by atoms with Gasteiger partial charge in [0.2, 0.25) is 0 Å². The van der Waals surface area contributed by atoms with E-state index >= 15 is 0 Å². The second-order valence-corrected chi connectivity index (χ2v) is 6.88. The number of pyridine rings is 1. The molecule has 0 aliphatic carbocycles. The number of ether oxygens (including phenoxy) is 1. The van der Waals surface area contributed by atoms with Crippen LogP contribution >= 0.6 is 23.2 Å². The Morgan fingerprint density at radius 1 is 1.19 bits per heavy atom. The summed E-state index contributed by atoms with van der Waals surface area (Å²) < 4.78 is 5.77. The van der Waals surface area contributed by atoms with E-state index in [2.05, 4.69) is 6.92 Å². The van der Waals surface area contributed by atoms with E-state index in [4.69, 9.17) is 32.9 Å².